The molecule has 3 rings (SSSR count). The molecule has 0 spiro atoms. The van der Waals surface area contributed by atoms with Crippen molar-refractivity contribution in [1.29, 1.82) is 0 Å². The number of nitrogens with one attached hydrogen (secondary N) is 1. The van der Waals surface area contributed by atoms with Gasteiger partial charge in [0, 0.05) is 24.9 Å². The number of nitrogens with zero attached hydrogens (tertiary/aromatic N) is 2. The average Bonchev–Trinajstić information content (AvgIpc) is 3.18. The lowest BCUT2D eigenvalue weighted by Gasteiger charge is -2.30. The lowest BCUT2D eigenvalue weighted by Crippen LogP contribution is -2.39. The average molecular weight is 321 g/mol. The number of rotatable bonds is 4. The topological polar surface area (TPSA) is 45.2 Å². The third-order valence-electron chi connectivity index (χ3n) is 3.87. The highest BCUT2D eigenvalue weighted by Crippen LogP contribution is 2.28. The fraction of sp³-hybridized carbons (Fsp3) is 0.467. The van der Waals surface area contributed by atoms with Gasteiger partial charge >= 0.3 is 0 Å². The zero-order valence-corrected chi connectivity index (χ0v) is 13.7. The molecule has 1 aliphatic heterocycles. The van der Waals surface area contributed by atoms with Crippen LogP contribution in [0.4, 0.5) is 0 Å². The minimum Gasteiger partial charge on any atom is -0.359 e. The number of amides is 1. The number of piperidine rings is 1. The summed E-state index contributed by atoms with van der Waals surface area (Å²) in [4.78, 5) is 20.0. The van der Waals surface area contributed by atoms with E-state index in [9.17, 15) is 4.79 Å². The number of hydrogen-bond acceptors (Lipinski definition) is 5. The van der Waals surface area contributed by atoms with Crippen molar-refractivity contribution < 1.29 is 4.79 Å². The smallest absolute Gasteiger partial charge is 0.222 e. The van der Waals surface area contributed by atoms with Crippen LogP contribution in [0.2, 0.25) is 0 Å². The number of likely N-dealkylation sites (tertiary alicyclic amines) is 1. The lowest BCUT2D eigenvalue weighted by molar-refractivity contribution is -0.125. The molecule has 4 nitrogen and oxygen atoms in total. The normalized spacial score (nSPS) is 17.0. The number of aromatic nitrogens is 1. The Morgan fingerprint density at radius 1 is 1.43 bits per heavy atom. The molecule has 0 atom stereocenters. The molecule has 1 fully saturated rings. The highest BCUT2D eigenvalue weighted by Gasteiger charge is 2.24. The summed E-state index contributed by atoms with van der Waals surface area (Å²) in [6.45, 7) is 2.84. The van der Waals surface area contributed by atoms with Gasteiger partial charge in [0.2, 0.25) is 5.91 Å². The van der Waals surface area contributed by atoms with Crippen LogP contribution in [0.5, 0.6) is 0 Å². The Balaban J connectivity index is 1.55. The summed E-state index contributed by atoms with van der Waals surface area (Å²) in [6.07, 6.45) is 1.89. The monoisotopic (exact) mass is 321 g/mol. The van der Waals surface area contributed by atoms with Gasteiger partial charge in [-0.2, -0.15) is 0 Å². The summed E-state index contributed by atoms with van der Waals surface area (Å²) < 4.78 is 0. The van der Waals surface area contributed by atoms with E-state index >= 15 is 0 Å². The fourth-order valence-corrected chi connectivity index (χ4v) is 4.30. The second kappa shape index (κ2) is 6.68. The van der Waals surface area contributed by atoms with Crippen molar-refractivity contribution in [3.63, 3.8) is 0 Å². The second-order valence-electron chi connectivity index (χ2n) is 5.29. The Kier molecular flexibility index (Phi) is 4.67. The molecule has 0 bridgehead atoms. The SMILES string of the molecule is CNC(=O)C1CCN(Cc2csc(-c3cccs3)n2)CC1. The zero-order chi connectivity index (χ0) is 14.7. The number of thiazole rings is 1. The maximum absolute atomic E-state index is 11.6. The standard InChI is InChI=1S/C15H19N3OS2/c1-16-14(19)11-4-6-18(7-5-11)9-12-10-21-15(17-12)13-3-2-8-20-13/h2-3,8,10-11H,4-7,9H2,1H3,(H,16,19). The Labute approximate surface area is 132 Å². The molecule has 112 valence electrons. The molecule has 0 unspecified atom stereocenters. The summed E-state index contributed by atoms with van der Waals surface area (Å²) in [6, 6.07) is 4.17. The predicted molar refractivity (Wildman–Crippen MR) is 87.5 cm³/mol. The van der Waals surface area contributed by atoms with Crippen LogP contribution < -0.4 is 5.32 Å². The van der Waals surface area contributed by atoms with Crippen molar-refractivity contribution >= 4 is 28.6 Å². The number of hydrogen-bond donors (Lipinski definition) is 1. The van der Waals surface area contributed by atoms with Crippen molar-refractivity contribution in [1.82, 2.24) is 15.2 Å². The molecular formula is C15H19N3OS2. The van der Waals surface area contributed by atoms with Crippen LogP contribution in [0.15, 0.2) is 22.9 Å². The van der Waals surface area contributed by atoms with Gasteiger partial charge in [0.1, 0.15) is 5.01 Å². The molecule has 1 amide bonds. The van der Waals surface area contributed by atoms with Gasteiger partial charge in [-0.25, -0.2) is 4.98 Å². The highest BCUT2D eigenvalue weighted by molar-refractivity contribution is 7.20. The molecule has 0 saturated carbocycles. The molecule has 1 saturated heterocycles. The van der Waals surface area contributed by atoms with E-state index in [0.717, 1.165) is 43.2 Å². The quantitative estimate of drug-likeness (QED) is 0.942. The molecule has 1 N–H and O–H groups in total. The summed E-state index contributed by atoms with van der Waals surface area (Å²) in [5.74, 6) is 0.367. The highest BCUT2D eigenvalue weighted by atomic mass is 32.1. The third kappa shape index (κ3) is 3.51. The fourth-order valence-electron chi connectivity index (χ4n) is 2.68. The van der Waals surface area contributed by atoms with Crippen LogP contribution in [0.1, 0.15) is 18.5 Å². The van der Waals surface area contributed by atoms with Crippen molar-refractivity contribution in [3.05, 3.63) is 28.6 Å². The largest absolute Gasteiger partial charge is 0.359 e. The molecule has 2 aromatic rings. The maximum Gasteiger partial charge on any atom is 0.222 e. The predicted octanol–water partition coefficient (Wildman–Crippen LogP) is 2.83. The third-order valence-corrected chi connectivity index (χ3v) is 5.80. The summed E-state index contributed by atoms with van der Waals surface area (Å²) in [7, 11) is 1.72. The first-order valence-corrected chi connectivity index (χ1v) is 8.94. The van der Waals surface area contributed by atoms with E-state index in [1.807, 2.05) is 0 Å². The van der Waals surface area contributed by atoms with E-state index < -0.39 is 0 Å². The molecule has 3 heterocycles. The first kappa shape index (κ1) is 14.7. The Hall–Kier alpha value is -1.24. The maximum atomic E-state index is 11.6. The summed E-state index contributed by atoms with van der Waals surface area (Å²) >= 11 is 3.44. The lowest BCUT2D eigenvalue weighted by atomic mass is 9.96. The molecule has 0 radical (unpaired) electrons. The van der Waals surface area contributed by atoms with E-state index in [1.54, 1.807) is 29.7 Å². The Morgan fingerprint density at radius 3 is 2.90 bits per heavy atom. The first-order chi connectivity index (χ1) is 10.3. The van der Waals surface area contributed by atoms with Crippen LogP contribution in [-0.4, -0.2) is 35.9 Å². The van der Waals surface area contributed by atoms with Gasteiger partial charge in [0.05, 0.1) is 10.6 Å². The van der Waals surface area contributed by atoms with Gasteiger partial charge in [-0.15, -0.1) is 22.7 Å². The van der Waals surface area contributed by atoms with E-state index in [0.29, 0.717) is 0 Å². The van der Waals surface area contributed by atoms with Gasteiger partial charge in [-0.3, -0.25) is 9.69 Å². The van der Waals surface area contributed by atoms with Gasteiger partial charge < -0.3 is 5.32 Å². The van der Waals surface area contributed by atoms with Crippen molar-refractivity contribution in [2.75, 3.05) is 20.1 Å². The summed E-state index contributed by atoms with van der Waals surface area (Å²) in [5, 5.41) is 8.10. The molecule has 1 aliphatic rings. The molecular weight excluding hydrogens is 302 g/mol. The molecule has 6 heteroatoms. The van der Waals surface area contributed by atoms with E-state index in [2.05, 4.69) is 33.1 Å². The first-order valence-electron chi connectivity index (χ1n) is 7.18. The number of carbonyl (C=O) groups is 1. The van der Waals surface area contributed by atoms with Crippen LogP contribution in [0, 0.1) is 5.92 Å². The van der Waals surface area contributed by atoms with E-state index in [-0.39, 0.29) is 11.8 Å². The molecule has 0 aromatic carbocycles. The molecule has 21 heavy (non-hydrogen) atoms. The van der Waals surface area contributed by atoms with Crippen LogP contribution >= 0.6 is 22.7 Å². The Bertz CT molecular complexity index is 586. The summed E-state index contributed by atoms with van der Waals surface area (Å²) in [5.41, 5.74) is 1.14. The van der Waals surface area contributed by atoms with Crippen LogP contribution in [0.25, 0.3) is 9.88 Å². The van der Waals surface area contributed by atoms with E-state index in [1.165, 1.54) is 4.88 Å². The number of thiophene rings is 1. The molecule has 0 aliphatic carbocycles. The Morgan fingerprint density at radius 2 is 2.24 bits per heavy atom. The van der Waals surface area contributed by atoms with Gasteiger partial charge in [-0.05, 0) is 37.4 Å². The number of carbonyl (C=O) groups excluding carboxylic acids is 1. The van der Waals surface area contributed by atoms with Crippen molar-refractivity contribution in [2.45, 2.75) is 19.4 Å². The van der Waals surface area contributed by atoms with Gasteiger partial charge in [-0.1, -0.05) is 6.07 Å². The minimum atomic E-state index is 0.184. The van der Waals surface area contributed by atoms with Crippen LogP contribution in [0.3, 0.4) is 0 Å². The van der Waals surface area contributed by atoms with Crippen LogP contribution in [-0.2, 0) is 11.3 Å². The van der Waals surface area contributed by atoms with E-state index in [4.69, 9.17) is 4.98 Å². The van der Waals surface area contributed by atoms with Crippen molar-refractivity contribution in [2.24, 2.45) is 5.92 Å². The second-order valence-corrected chi connectivity index (χ2v) is 7.09. The molecule has 2 aromatic heterocycles. The van der Waals surface area contributed by atoms with Crippen molar-refractivity contribution in [3.8, 4) is 9.88 Å². The van der Waals surface area contributed by atoms with Gasteiger partial charge in [0.25, 0.3) is 0 Å². The zero-order valence-electron chi connectivity index (χ0n) is 12.0. The van der Waals surface area contributed by atoms with Gasteiger partial charge in [0.15, 0.2) is 0 Å². The minimum absolute atomic E-state index is 0.184.